The summed E-state index contributed by atoms with van der Waals surface area (Å²) in [5.74, 6) is 1.00. The first-order valence-corrected chi connectivity index (χ1v) is 5.70. The summed E-state index contributed by atoms with van der Waals surface area (Å²) < 4.78 is 2.12. The molecule has 0 N–H and O–H groups in total. The van der Waals surface area contributed by atoms with Gasteiger partial charge in [-0.1, -0.05) is 30.3 Å². The zero-order chi connectivity index (χ0) is 11.4. The molecule has 3 heteroatoms. The summed E-state index contributed by atoms with van der Waals surface area (Å²) in [5, 5.41) is 2.25. The molecule has 0 saturated carbocycles. The van der Waals surface area contributed by atoms with Crippen molar-refractivity contribution in [1.29, 1.82) is 0 Å². The summed E-state index contributed by atoms with van der Waals surface area (Å²) in [4.78, 5) is 4.42. The van der Waals surface area contributed by atoms with Gasteiger partial charge in [0, 0.05) is 31.0 Å². The first-order chi connectivity index (χ1) is 7.86. The fraction of sp³-hybridized carbons (Fsp3) is 0.308. The topological polar surface area (TPSA) is 21.1 Å². The molecule has 0 fully saturated rings. The Bertz CT molecular complexity index is 429. The lowest BCUT2D eigenvalue weighted by Crippen LogP contribution is -2.34. The summed E-state index contributed by atoms with van der Waals surface area (Å²) in [6.45, 7) is 6.26. The fourth-order valence-corrected chi connectivity index (χ4v) is 1.85. The number of hydrogen-bond donors (Lipinski definition) is 0. The lowest BCUT2D eigenvalue weighted by atomic mass is 10.2. The average molecular weight is 215 g/mol. The van der Waals surface area contributed by atoms with Gasteiger partial charge in [-0.15, -0.1) is 0 Å². The second-order valence-electron chi connectivity index (χ2n) is 3.60. The molecule has 2 aromatic rings. The summed E-state index contributed by atoms with van der Waals surface area (Å²) >= 11 is 0. The van der Waals surface area contributed by atoms with Crippen molar-refractivity contribution in [3.05, 3.63) is 42.7 Å². The fourth-order valence-electron chi connectivity index (χ4n) is 1.85. The number of aromatic nitrogens is 2. The molecule has 0 aliphatic heterocycles. The van der Waals surface area contributed by atoms with E-state index in [1.807, 2.05) is 30.6 Å². The van der Waals surface area contributed by atoms with E-state index in [0.717, 1.165) is 24.5 Å². The van der Waals surface area contributed by atoms with Crippen LogP contribution in [0.4, 0.5) is 0 Å². The standard InChI is InChI=1S/C13H17N3/c1-3-15(4-2)16-11-10-14-13(16)12-8-6-5-7-9-12/h5-11H,3-4H2,1-2H3. The van der Waals surface area contributed by atoms with Gasteiger partial charge in [0.2, 0.25) is 0 Å². The minimum Gasteiger partial charge on any atom is -0.312 e. The van der Waals surface area contributed by atoms with Gasteiger partial charge in [0.15, 0.2) is 5.82 Å². The Morgan fingerprint density at radius 3 is 2.44 bits per heavy atom. The van der Waals surface area contributed by atoms with Crippen molar-refractivity contribution >= 4 is 0 Å². The van der Waals surface area contributed by atoms with Gasteiger partial charge < -0.3 is 5.01 Å². The first-order valence-electron chi connectivity index (χ1n) is 5.70. The molecular weight excluding hydrogens is 198 g/mol. The number of imidazole rings is 1. The molecule has 0 aliphatic carbocycles. The van der Waals surface area contributed by atoms with Gasteiger partial charge in [-0.25, -0.2) is 9.66 Å². The highest BCUT2D eigenvalue weighted by molar-refractivity contribution is 5.55. The van der Waals surface area contributed by atoms with E-state index < -0.39 is 0 Å². The lowest BCUT2D eigenvalue weighted by molar-refractivity contribution is 0.625. The van der Waals surface area contributed by atoms with Crippen LogP contribution in [0.15, 0.2) is 42.7 Å². The zero-order valence-electron chi connectivity index (χ0n) is 9.80. The molecule has 3 nitrogen and oxygen atoms in total. The smallest absolute Gasteiger partial charge is 0.158 e. The van der Waals surface area contributed by atoms with E-state index in [2.05, 4.69) is 40.6 Å². The van der Waals surface area contributed by atoms with Crippen molar-refractivity contribution in [2.24, 2.45) is 0 Å². The third-order valence-corrected chi connectivity index (χ3v) is 2.69. The maximum Gasteiger partial charge on any atom is 0.158 e. The number of benzene rings is 1. The van der Waals surface area contributed by atoms with Crippen molar-refractivity contribution in [3.8, 4) is 11.4 Å². The third-order valence-electron chi connectivity index (χ3n) is 2.69. The highest BCUT2D eigenvalue weighted by Gasteiger charge is 2.08. The van der Waals surface area contributed by atoms with Crippen LogP contribution >= 0.6 is 0 Å². The van der Waals surface area contributed by atoms with E-state index in [1.165, 1.54) is 0 Å². The molecule has 0 atom stereocenters. The van der Waals surface area contributed by atoms with E-state index in [-0.39, 0.29) is 0 Å². The Balaban J connectivity index is 2.40. The Morgan fingerprint density at radius 1 is 1.12 bits per heavy atom. The lowest BCUT2D eigenvalue weighted by Gasteiger charge is -2.24. The molecule has 1 aromatic heterocycles. The summed E-state index contributed by atoms with van der Waals surface area (Å²) in [5.41, 5.74) is 1.15. The van der Waals surface area contributed by atoms with E-state index in [1.54, 1.807) is 0 Å². The summed E-state index contributed by atoms with van der Waals surface area (Å²) in [6, 6.07) is 10.3. The van der Waals surface area contributed by atoms with Gasteiger partial charge in [0.25, 0.3) is 0 Å². The molecule has 0 bridgehead atoms. The Hall–Kier alpha value is -1.77. The number of rotatable bonds is 4. The second kappa shape index (κ2) is 4.84. The van der Waals surface area contributed by atoms with Gasteiger partial charge in [-0.05, 0) is 13.8 Å². The van der Waals surface area contributed by atoms with Gasteiger partial charge >= 0.3 is 0 Å². The molecule has 0 amide bonds. The van der Waals surface area contributed by atoms with E-state index in [0.29, 0.717) is 0 Å². The molecule has 1 aromatic carbocycles. The molecule has 84 valence electrons. The molecule has 16 heavy (non-hydrogen) atoms. The van der Waals surface area contributed by atoms with Crippen LogP contribution in [-0.2, 0) is 0 Å². The van der Waals surface area contributed by atoms with E-state index in [4.69, 9.17) is 0 Å². The van der Waals surface area contributed by atoms with Gasteiger partial charge in [-0.2, -0.15) is 0 Å². The molecule has 0 aliphatic rings. The van der Waals surface area contributed by atoms with Crippen LogP contribution in [0.3, 0.4) is 0 Å². The quantitative estimate of drug-likeness (QED) is 0.781. The zero-order valence-corrected chi connectivity index (χ0v) is 9.80. The van der Waals surface area contributed by atoms with Crippen LogP contribution in [0, 0.1) is 0 Å². The molecule has 0 spiro atoms. The van der Waals surface area contributed by atoms with Crippen LogP contribution in [0.2, 0.25) is 0 Å². The Morgan fingerprint density at radius 2 is 1.81 bits per heavy atom. The highest BCUT2D eigenvalue weighted by Crippen LogP contribution is 2.16. The average Bonchev–Trinajstić information content (AvgIpc) is 2.81. The largest absolute Gasteiger partial charge is 0.312 e. The summed E-state index contributed by atoms with van der Waals surface area (Å²) in [7, 11) is 0. The number of nitrogens with zero attached hydrogens (tertiary/aromatic N) is 3. The minimum atomic E-state index is 0.979. The van der Waals surface area contributed by atoms with Crippen molar-refractivity contribution in [2.45, 2.75) is 13.8 Å². The van der Waals surface area contributed by atoms with Crippen LogP contribution in [-0.4, -0.2) is 22.7 Å². The van der Waals surface area contributed by atoms with Gasteiger partial charge in [0.05, 0.1) is 0 Å². The molecule has 0 radical (unpaired) electrons. The Kier molecular flexibility index (Phi) is 3.25. The van der Waals surface area contributed by atoms with Crippen molar-refractivity contribution < 1.29 is 0 Å². The predicted octanol–water partition coefficient (Wildman–Crippen LogP) is 2.53. The predicted molar refractivity (Wildman–Crippen MR) is 67.0 cm³/mol. The monoisotopic (exact) mass is 215 g/mol. The van der Waals surface area contributed by atoms with E-state index in [9.17, 15) is 0 Å². The van der Waals surface area contributed by atoms with Crippen LogP contribution in [0.5, 0.6) is 0 Å². The van der Waals surface area contributed by atoms with E-state index >= 15 is 0 Å². The number of hydrogen-bond acceptors (Lipinski definition) is 2. The highest BCUT2D eigenvalue weighted by atomic mass is 15.6. The third kappa shape index (κ3) is 1.94. The molecule has 1 heterocycles. The first kappa shape index (κ1) is 10.7. The van der Waals surface area contributed by atoms with Crippen molar-refractivity contribution in [2.75, 3.05) is 18.1 Å². The van der Waals surface area contributed by atoms with Crippen LogP contribution < -0.4 is 5.01 Å². The molecular formula is C13H17N3. The van der Waals surface area contributed by atoms with Crippen molar-refractivity contribution in [1.82, 2.24) is 9.66 Å². The molecule has 2 rings (SSSR count). The van der Waals surface area contributed by atoms with Gasteiger partial charge in [0.1, 0.15) is 0 Å². The van der Waals surface area contributed by atoms with Crippen molar-refractivity contribution in [3.63, 3.8) is 0 Å². The van der Waals surface area contributed by atoms with Crippen LogP contribution in [0.1, 0.15) is 13.8 Å². The maximum atomic E-state index is 4.42. The SMILES string of the molecule is CCN(CC)n1ccnc1-c1ccccc1. The molecule has 0 saturated heterocycles. The normalized spacial score (nSPS) is 10.4. The van der Waals surface area contributed by atoms with Crippen LogP contribution in [0.25, 0.3) is 11.4 Å². The second-order valence-corrected chi connectivity index (χ2v) is 3.60. The Labute approximate surface area is 96.3 Å². The summed E-state index contributed by atoms with van der Waals surface area (Å²) in [6.07, 6.45) is 3.86. The molecule has 0 unspecified atom stereocenters. The minimum absolute atomic E-state index is 0.979. The maximum absolute atomic E-state index is 4.42. The van der Waals surface area contributed by atoms with Gasteiger partial charge in [-0.3, -0.25) is 0 Å².